The Labute approximate surface area is 172 Å². The third kappa shape index (κ3) is 8.13. The van der Waals surface area contributed by atoms with Gasteiger partial charge < -0.3 is 15.5 Å². The van der Waals surface area contributed by atoms with Gasteiger partial charge in [-0.1, -0.05) is 6.07 Å². The molecule has 0 bridgehead atoms. The third-order valence-corrected chi connectivity index (χ3v) is 4.88. The zero-order valence-electron chi connectivity index (χ0n) is 15.2. The Kier molecular flexibility index (Phi) is 11.5. The summed E-state index contributed by atoms with van der Waals surface area (Å²) >= 11 is 1.70. The first-order valence-electron chi connectivity index (χ1n) is 8.66. The molecule has 0 amide bonds. The summed E-state index contributed by atoms with van der Waals surface area (Å²) < 4.78 is 13.4. The van der Waals surface area contributed by atoms with E-state index in [1.54, 1.807) is 24.9 Å². The zero-order chi connectivity index (χ0) is 17.2. The number of halogens is 2. The highest BCUT2D eigenvalue weighted by Crippen LogP contribution is 2.16. The zero-order valence-corrected chi connectivity index (χ0v) is 18.3. The number of benzene rings is 1. The molecule has 0 radical (unpaired) electrons. The van der Waals surface area contributed by atoms with Crippen molar-refractivity contribution in [1.82, 2.24) is 15.5 Å². The molecule has 2 N–H and O–H groups in total. The molecule has 0 aromatic heterocycles. The minimum atomic E-state index is -0.174. The van der Waals surface area contributed by atoms with Crippen molar-refractivity contribution >= 4 is 41.7 Å². The lowest BCUT2D eigenvalue weighted by Crippen LogP contribution is -2.38. The molecule has 4 nitrogen and oxygen atoms in total. The molecule has 0 atom stereocenters. The van der Waals surface area contributed by atoms with Crippen LogP contribution in [-0.2, 0) is 12.3 Å². The molecule has 25 heavy (non-hydrogen) atoms. The van der Waals surface area contributed by atoms with Crippen molar-refractivity contribution in [3.63, 3.8) is 0 Å². The molecule has 1 aromatic carbocycles. The van der Waals surface area contributed by atoms with Crippen LogP contribution >= 0.6 is 35.7 Å². The first-order valence-corrected chi connectivity index (χ1v) is 10.1. The number of nitrogens with zero attached hydrogens (tertiary/aromatic N) is 2. The fourth-order valence-corrected chi connectivity index (χ4v) is 3.55. The van der Waals surface area contributed by atoms with Crippen molar-refractivity contribution in [3.05, 3.63) is 35.1 Å². The molecule has 1 aromatic rings. The number of hydrogen-bond donors (Lipinski definition) is 2. The maximum absolute atomic E-state index is 13.4. The second-order valence-electron chi connectivity index (χ2n) is 6.10. The Bertz CT molecular complexity index is 536. The predicted molar refractivity (Wildman–Crippen MR) is 118 cm³/mol. The summed E-state index contributed by atoms with van der Waals surface area (Å²) in [7, 11) is 1.78. The Morgan fingerprint density at radius 2 is 2.00 bits per heavy atom. The van der Waals surface area contributed by atoms with E-state index < -0.39 is 0 Å². The van der Waals surface area contributed by atoms with Gasteiger partial charge in [-0.05, 0) is 68.4 Å². The van der Waals surface area contributed by atoms with Gasteiger partial charge in [0, 0.05) is 25.9 Å². The highest BCUT2D eigenvalue weighted by molar-refractivity contribution is 14.0. The van der Waals surface area contributed by atoms with Gasteiger partial charge >= 0.3 is 0 Å². The molecule has 1 heterocycles. The van der Waals surface area contributed by atoms with E-state index in [1.807, 2.05) is 12.3 Å². The maximum Gasteiger partial charge on any atom is 0.191 e. The Balaban J connectivity index is 0.00000312. The number of thioether (sulfide) groups is 1. The van der Waals surface area contributed by atoms with E-state index in [9.17, 15) is 4.39 Å². The molecule has 0 unspecified atom stereocenters. The fraction of sp³-hybridized carbons (Fsp3) is 0.611. The van der Waals surface area contributed by atoms with Crippen molar-refractivity contribution in [1.29, 1.82) is 0 Å². The predicted octanol–water partition coefficient (Wildman–Crippen LogP) is 3.46. The van der Waals surface area contributed by atoms with Crippen molar-refractivity contribution in [2.45, 2.75) is 31.6 Å². The average Bonchev–Trinajstić information content (AvgIpc) is 3.09. The minimum Gasteiger partial charge on any atom is -0.356 e. The van der Waals surface area contributed by atoms with E-state index in [-0.39, 0.29) is 29.8 Å². The molecule has 1 saturated heterocycles. The van der Waals surface area contributed by atoms with Crippen LogP contribution in [0.4, 0.5) is 4.39 Å². The summed E-state index contributed by atoms with van der Waals surface area (Å²) in [4.78, 5) is 6.79. The first kappa shape index (κ1) is 22.5. The van der Waals surface area contributed by atoms with Gasteiger partial charge in [0.05, 0.1) is 0 Å². The van der Waals surface area contributed by atoms with Gasteiger partial charge in [0.15, 0.2) is 5.96 Å². The van der Waals surface area contributed by atoms with Gasteiger partial charge in [0.2, 0.25) is 0 Å². The topological polar surface area (TPSA) is 39.7 Å². The molecule has 0 spiro atoms. The van der Waals surface area contributed by atoms with Crippen LogP contribution in [0.25, 0.3) is 0 Å². The van der Waals surface area contributed by atoms with Crippen LogP contribution in [0.15, 0.2) is 23.2 Å². The molecule has 0 saturated carbocycles. The van der Waals surface area contributed by atoms with Crippen molar-refractivity contribution < 1.29 is 4.39 Å². The van der Waals surface area contributed by atoms with Crippen LogP contribution in [0.2, 0.25) is 0 Å². The highest BCUT2D eigenvalue weighted by Gasteiger charge is 2.10. The molecule has 142 valence electrons. The number of aliphatic imine (C=N–C) groups is 1. The largest absolute Gasteiger partial charge is 0.356 e. The number of hydrogen-bond acceptors (Lipinski definition) is 3. The summed E-state index contributed by atoms with van der Waals surface area (Å²) in [5.74, 6) is 1.44. The number of nitrogens with one attached hydrogen (secondary N) is 2. The number of guanidine groups is 1. The Hall–Kier alpha value is -0.540. The van der Waals surface area contributed by atoms with Crippen molar-refractivity contribution in [2.75, 3.05) is 39.5 Å². The van der Waals surface area contributed by atoms with Crippen molar-refractivity contribution in [3.8, 4) is 0 Å². The van der Waals surface area contributed by atoms with Gasteiger partial charge in [0.25, 0.3) is 0 Å². The van der Waals surface area contributed by atoms with Gasteiger partial charge in [-0.15, -0.1) is 24.0 Å². The summed E-state index contributed by atoms with van der Waals surface area (Å²) in [6.45, 7) is 5.21. The second-order valence-corrected chi connectivity index (χ2v) is 6.97. The molecule has 1 fully saturated rings. The summed E-state index contributed by atoms with van der Waals surface area (Å²) in [5, 5.41) is 6.69. The lowest BCUT2D eigenvalue weighted by Gasteiger charge is -2.16. The summed E-state index contributed by atoms with van der Waals surface area (Å²) in [6.07, 6.45) is 5.83. The van der Waals surface area contributed by atoms with Gasteiger partial charge in [-0.3, -0.25) is 4.99 Å². The number of rotatable bonds is 8. The molecular weight excluding hydrogens is 450 g/mol. The molecule has 2 rings (SSSR count). The van der Waals surface area contributed by atoms with E-state index in [1.165, 1.54) is 32.0 Å². The van der Waals surface area contributed by atoms with Crippen LogP contribution in [0.5, 0.6) is 0 Å². The molecule has 7 heteroatoms. The van der Waals surface area contributed by atoms with Crippen LogP contribution in [0, 0.1) is 5.82 Å². The maximum atomic E-state index is 13.4. The quantitative estimate of drug-likeness (QED) is 0.259. The molecule has 0 aliphatic carbocycles. The Morgan fingerprint density at radius 1 is 1.24 bits per heavy atom. The SMILES string of the molecule is CN=C(NCCCN1CCCC1)NCc1ccc(F)cc1CSC.I. The molecule has 1 aliphatic rings. The van der Waals surface area contributed by atoms with E-state index in [0.29, 0.717) is 6.54 Å². The third-order valence-electron chi connectivity index (χ3n) is 4.28. The van der Waals surface area contributed by atoms with Crippen molar-refractivity contribution in [2.24, 2.45) is 4.99 Å². The second kappa shape index (κ2) is 12.8. The monoisotopic (exact) mass is 480 g/mol. The Morgan fingerprint density at radius 3 is 2.68 bits per heavy atom. The first-order chi connectivity index (χ1) is 11.7. The van der Waals surface area contributed by atoms with E-state index >= 15 is 0 Å². The van der Waals surface area contributed by atoms with E-state index in [4.69, 9.17) is 0 Å². The van der Waals surface area contributed by atoms with Crippen LogP contribution < -0.4 is 10.6 Å². The summed E-state index contributed by atoms with van der Waals surface area (Å²) in [5.41, 5.74) is 2.16. The van der Waals surface area contributed by atoms with E-state index in [0.717, 1.165) is 42.3 Å². The molecule has 1 aliphatic heterocycles. The van der Waals surface area contributed by atoms with Crippen LogP contribution in [-0.4, -0.2) is 50.3 Å². The minimum absolute atomic E-state index is 0. The van der Waals surface area contributed by atoms with Crippen LogP contribution in [0.3, 0.4) is 0 Å². The lowest BCUT2D eigenvalue weighted by atomic mass is 10.1. The van der Waals surface area contributed by atoms with Gasteiger partial charge in [-0.2, -0.15) is 11.8 Å². The average molecular weight is 480 g/mol. The smallest absolute Gasteiger partial charge is 0.191 e. The fourth-order valence-electron chi connectivity index (χ4n) is 2.97. The van der Waals surface area contributed by atoms with Gasteiger partial charge in [0.1, 0.15) is 5.82 Å². The summed E-state index contributed by atoms with van der Waals surface area (Å²) in [6, 6.07) is 5.00. The van der Waals surface area contributed by atoms with E-state index in [2.05, 4.69) is 20.5 Å². The molecular formula is C18H30FIN4S. The normalized spacial score (nSPS) is 15.1. The number of likely N-dealkylation sites (tertiary alicyclic amines) is 1. The lowest BCUT2D eigenvalue weighted by molar-refractivity contribution is 0.334. The van der Waals surface area contributed by atoms with Gasteiger partial charge in [-0.25, -0.2) is 4.39 Å². The highest BCUT2D eigenvalue weighted by atomic mass is 127. The van der Waals surface area contributed by atoms with Crippen LogP contribution in [0.1, 0.15) is 30.4 Å². The standard InChI is InChI=1S/C18H29FN4S.HI/c1-20-18(21-8-5-11-23-9-3-4-10-23)22-13-15-6-7-17(19)12-16(15)14-24-2;/h6-7,12H,3-5,8-11,13-14H2,1-2H3,(H2,20,21,22);1H.